The maximum absolute atomic E-state index is 10.8. The zero-order valence-corrected chi connectivity index (χ0v) is 23.0. The van der Waals surface area contributed by atoms with E-state index < -0.39 is 0 Å². The molecule has 0 unspecified atom stereocenters. The number of hydrogen-bond acceptors (Lipinski definition) is 3. The van der Waals surface area contributed by atoms with Crippen molar-refractivity contribution in [3.8, 4) is 45.2 Å². The van der Waals surface area contributed by atoms with Crippen LogP contribution >= 0.6 is 0 Å². The zero-order valence-electron chi connectivity index (χ0n) is 20.7. The Morgan fingerprint density at radius 3 is 2.26 bits per heavy atom. The number of phenols is 1. The third-order valence-corrected chi connectivity index (χ3v) is 6.84. The number of hydrogen-bond donors (Lipinski definition) is 1. The van der Waals surface area contributed by atoms with Crippen molar-refractivity contribution in [2.75, 3.05) is 0 Å². The quantitative estimate of drug-likeness (QED) is 0.191. The summed E-state index contributed by atoms with van der Waals surface area (Å²) in [6.45, 7) is 0. The van der Waals surface area contributed by atoms with Crippen molar-refractivity contribution in [1.82, 2.24) is 14.5 Å². The first kappa shape index (κ1) is 24.8. The maximum Gasteiger partial charge on any atom is 0.148 e. The number of imidazole rings is 1. The number of aromatic nitrogens is 3. The average Bonchev–Trinajstić information content (AvgIpc) is 3.37. The summed E-state index contributed by atoms with van der Waals surface area (Å²) in [4.78, 5) is 9.75. The van der Waals surface area contributed by atoms with E-state index in [4.69, 9.17) is 4.98 Å². The van der Waals surface area contributed by atoms with Gasteiger partial charge in [0.1, 0.15) is 11.6 Å². The molecule has 0 atom stereocenters. The minimum atomic E-state index is 0. The fourth-order valence-electron chi connectivity index (χ4n) is 5.10. The molecule has 0 saturated carbocycles. The van der Waals surface area contributed by atoms with Crippen LogP contribution in [0.15, 0.2) is 128 Å². The van der Waals surface area contributed by atoms with Crippen molar-refractivity contribution in [3.63, 3.8) is 0 Å². The fraction of sp³-hybridized carbons (Fsp3) is 0. The Labute approximate surface area is 240 Å². The minimum Gasteiger partial charge on any atom is -0.507 e. The Morgan fingerprint density at radius 1 is 0.692 bits per heavy atom. The van der Waals surface area contributed by atoms with Crippen LogP contribution in [-0.2, 0) is 21.1 Å². The fourth-order valence-corrected chi connectivity index (χ4v) is 5.10. The molecule has 5 aromatic carbocycles. The van der Waals surface area contributed by atoms with E-state index in [1.54, 1.807) is 12.3 Å². The van der Waals surface area contributed by atoms with Crippen molar-refractivity contribution in [2.45, 2.75) is 0 Å². The first-order chi connectivity index (χ1) is 18.8. The van der Waals surface area contributed by atoms with Gasteiger partial charge in [-0.2, -0.15) is 0 Å². The summed E-state index contributed by atoms with van der Waals surface area (Å²) < 4.78 is 2.11. The van der Waals surface area contributed by atoms with Gasteiger partial charge in [0.25, 0.3) is 0 Å². The Morgan fingerprint density at radius 2 is 1.44 bits per heavy atom. The van der Waals surface area contributed by atoms with E-state index in [0.717, 1.165) is 49.9 Å². The van der Waals surface area contributed by atoms with Crippen LogP contribution in [0.3, 0.4) is 0 Å². The van der Waals surface area contributed by atoms with Crippen molar-refractivity contribution in [1.29, 1.82) is 0 Å². The average molecular weight is 684 g/mol. The Balaban J connectivity index is 0.00000277. The smallest absolute Gasteiger partial charge is 0.148 e. The summed E-state index contributed by atoms with van der Waals surface area (Å²) in [7, 11) is 0. The van der Waals surface area contributed by atoms with E-state index in [-0.39, 0.29) is 26.8 Å². The molecule has 0 bridgehead atoms. The van der Waals surface area contributed by atoms with Crippen LogP contribution in [0, 0.1) is 6.07 Å². The second kappa shape index (κ2) is 10.3. The van der Waals surface area contributed by atoms with Crippen LogP contribution in [0.1, 0.15) is 0 Å². The van der Waals surface area contributed by atoms with E-state index >= 15 is 0 Å². The summed E-state index contributed by atoms with van der Waals surface area (Å²) in [5, 5.41) is 13.0. The number of nitrogens with zero attached hydrogens (tertiary/aromatic N) is 3. The molecule has 0 amide bonds. The van der Waals surface area contributed by atoms with Crippen LogP contribution in [0.2, 0.25) is 0 Å². The molecular weight excluding hydrogens is 661 g/mol. The van der Waals surface area contributed by atoms with E-state index in [0.29, 0.717) is 11.4 Å². The molecule has 0 aliphatic carbocycles. The van der Waals surface area contributed by atoms with Crippen molar-refractivity contribution < 1.29 is 26.2 Å². The summed E-state index contributed by atoms with van der Waals surface area (Å²) in [5.74, 6) is 0.873. The number of fused-ring (bicyclic) bond motifs is 2. The molecular formula is C34H22N3OPt-. The van der Waals surface area contributed by atoms with Gasteiger partial charge in [0.2, 0.25) is 0 Å². The van der Waals surface area contributed by atoms with Crippen LogP contribution in [-0.4, -0.2) is 19.6 Å². The van der Waals surface area contributed by atoms with Crippen molar-refractivity contribution in [3.05, 3.63) is 134 Å². The number of benzene rings is 5. The van der Waals surface area contributed by atoms with Gasteiger partial charge in [0.15, 0.2) is 0 Å². The Bertz CT molecular complexity index is 1930. The van der Waals surface area contributed by atoms with Crippen molar-refractivity contribution in [2.24, 2.45) is 0 Å². The molecule has 0 spiro atoms. The van der Waals surface area contributed by atoms with Crippen molar-refractivity contribution >= 4 is 21.8 Å². The SMILES string of the molecule is Oc1ccccc1-c1nc2c(-c3[c-]c(-c4ccccn4)cc4ccccc34)cccc2n1-c1ccccc1.[Pt]. The number of aromatic hydroxyl groups is 1. The third kappa shape index (κ3) is 4.33. The van der Waals surface area contributed by atoms with Gasteiger partial charge < -0.3 is 5.11 Å². The normalized spacial score (nSPS) is 11.0. The monoisotopic (exact) mass is 683 g/mol. The predicted molar refractivity (Wildman–Crippen MR) is 153 cm³/mol. The largest absolute Gasteiger partial charge is 0.507 e. The van der Waals surface area contributed by atoms with Gasteiger partial charge >= 0.3 is 0 Å². The third-order valence-electron chi connectivity index (χ3n) is 6.84. The molecule has 2 aromatic heterocycles. The standard InChI is InChI=1S/C34H22N3O.Pt/c38-32-19-7-6-15-28(32)34-36-33-27(16-10-18-31(33)37(34)25-12-2-1-3-13-25)29-22-24(30-17-8-9-20-35-30)21-23-11-4-5-14-26(23)29;/h1-21,38H;/q-1;. The molecule has 5 heteroatoms. The Hall–Kier alpha value is -4.53. The molecule has 0 fully saturated rings. The molecule has 39 heavy (non-hydrogen) atoms. The first-order valence-corrected chi connectivity index (χ1v) is 12.5. The van der Waals surface area contributed by atoms with Crippen LogP contribution in [0.25, 0.3) is 61.3 Å². The van der Waals surface area contributed by atoms with Gasteiger partial charge in [-0.1, -0.05) is 101 Å². The van der Waals surface area contributed by atoms with Crippen LogP contribution in [0.4, 0.5) is 0 Å². The van der Waals surface area contributed by atoms with E-state index in [1.165, 1.54) is 0 Å². The molecule has 190 valence electrons. The van der Waals surface area contributed by atoms with Crippen LogP contribution < -0.4 is 0 Å². The molecule has 7 aromatic rings. The molecule has 2 heterocycles. The second-order valence-corrected chi connectivity index (χ2v) is 9.16. The number of para-hydroxylation sites is 3. The molecule has 4 nitrogen and oxygen atoms in total. The Kier molecular flexibility index (Phi) is 6.56. The number of pyridine rings is 1. The molecule has 0 aliphatic rings. The zero-order chi connectivity index (χ0) is 25.5. The van der Waals surface area contributed by atoms with E-state index in [9.17, 15) is 5.11 Å². The van der Waals surface area contributed by atoms with E-state index in [1.807, 2.05) is 54.6 Å². The maximum atomic E-state index is 10.8. The van der Waals surface area contributed by atoms with Crippen LogP contribution in [0.5, 0.6) is 5.75 Å². The summed E-state index contributed by atoms with van der Waals surface area (Å²) in [6, 6.07) is 43.8. The predicted octanol–water partition coefficient (Wildman–Crippen LogP) is 8.08. The van der Waals surface area contributed by atoms with E-state index in [2.05, 4.69) is 76.3 Å². The minimum absolute atomic E-state index is 0. The number of rotatable bonds is 4. The molecule has 0 saturated heterocycles. The summed E-state index contributed by atoms with van der Waals surface area (Å²) in [6.07, 6.45) is 1.80. The summed E-state index contributed by atoms with van der Waals surface area (Å²) >= 11 is 0. The van der Waals surface area contributed by atoms with Gasteiger partial charge in [-0.05, 0) is 36.4 Å². The first-order valence-electron chi connectivity index (χ1n) is 12.5. The van der Waals surface area contributed by atoms with Gasteiger partial charge in [0, 0.05) is 38.6 Å². The summed E-state index contributed by atoms with van der Waals surface area (Å²) in [5.41, 5.74) is 7.19. The molecule has 0 radical (unpaired) electrons. The van der Waals surface area contributed by atoms with Gasteiger partial charge in [-0.15, -0.1) is 17.7 Å². The topological polar surface area (TPSA) is 50.9 Å². The second-order valence-electron chi connectivity index (χ2n) is 9.16. The molecule has 0 aliphatic heterocycles. The van der Waals surface area contributed by atoms with Gasteiger partial charge in [-0.25, -0.2) is 4.98 Å². The van der Waals surface area contributed by atoms with Gasteiger partial charge in [-0.3, -0.25) is 9.55 Å². The molecule has 7 rings (SSSR count). The molecule has 1 N–H and O–H groups in total. The van der Waals surface area contributed by atoms with Gasteiger partial charge in [0.05, 0.1) is 16.6 Å². The number of phenolic OH excluding ortho intramolecular Hbond substituents is 1.